The molecule has 0 aromatic carbocycles. The monoisotopic (exact) mass is 250 g/mol. The molecule has 1 unspecified atom stereocenters. The van der Waals surface area contributed by atoms with E-state index in [-0.39, 0.29) is 6.23 Å². The van der Waals surface area contributed by atoms with Crippen molar-refractivity contribution < 1.29 is 4.74 Å². The van der Waals surface area contributed by atoms with Crippen LogP contribution in [0.5, 0.6) is 0 Å². The number of aryl methyl sites for hydroxylation is 1. The quantitative estimate of drug-likeness (QED) is 0.681. The lowest BCUT2D eigenvalue weighted by Gasteiger charge is -2.24. The molecule has 1 atom stereocenters. The summed E-state index contributed by atoms with van der Waals surface area (Å²) in [5.74, 6) is 0. The van der Waals surface area contributed by atoms with Gasteiger partial charge in [0.2, 0.25) is 0 Å². The van der Waals surface area contributed by atoms with Crippen LogP contribution in [-0.4, -0.2) is 16.4 Å². The van der Waals surface area contributed by atoms with Crippen molar-refractivity contribution in [1.82, 2.24) is 9.78 Å². The van der Waals surface area contributed by atoms with Crippen molar-refractivity contribution in [2.75, 3.05) is 6.61 Å². The van der Waals surface area contributed by atoms with Crippen LogP contribution in [0.4, 0.5) is 0 Å². The fourth-order valence-corrected chi connectivity index (χ4v) is 2.63. The van der Waals surface area contributed by atoms with Crippen molar-refractivity contribution in [2.45, 2.75) is 70.9 Å². The van der Waals surface area contributed by atoms with Crippen LogP contribution in [0.1, 0.15) is 70.2 Å². The molecule has 0 bridgehead atoms. The first-order chi connectivity index (χ1) is 8.92. The second-order valence-electron chi connectivity index (χ2n) is 5.25. The van der Waals surface area contributed by atoms with Crippen molar-refractivity contribution in [3.8, 4) is 0 Å². The Morgan fingerprint density at radius 3 is 2.94 bits per heavy atom. The Morgan fingerprint density at radius 2 is 2.17 bits per heavy atom. The molecule has 0 aliphatic carbocycles. The standard InChI is InChI=1S/C15H26N2O/c1-2-3-4-5-6-9-14-11-12-16-17(14)15-10-7-8-13-18-15/h11-12,15H,2-10,13H2,1H3. The minimum atomic E-state index is 0.194. The van der Waals surface area contributed by atoms with Gasteiger partial charge >= 0.3 is 0 Å². The van der Waals surface area contributed by atoms with Gasteiger partial charge in [0.05, 0.1) is 0 Å². The summed E-state index contributed by atoms with van der Waals surface area (Å²) in [7, 11) is 0. The number of ether oxygens (including phenoxy) is 1. The van der Waals surface area contributed by atoms with Gasteiger partial charge in [-0.1, -0.05) is 32.6 Å². The van der Waals surface area contributed by atoms with Crippen LogP contribution >= 0.6 is 0 Å². The average molecular weight is 250 g/mol. The Balaban J connectivity index is 1.79. The summed E-state index contributed by atoms with van der Waals surface area (Å²) in [6, 6.07) is 2.15. The third kappa shape index (κ3) is 3.84. The van der Waals surface area contributed by atoms with Crippen LogP contribution in [-0.2, 0) is 11.2 Å². The van der Waals surface area contributed by atoms with E-state index in [1.165, 1.54) is 50.6 Å². The maximum atomic E-state index is 5.81. The molecule has 18 heavy (non-hydrogen) atoms. The smallest absolute Gasteiger partial charge is 0.150 e. The SMILES string of the molecule is CCCCCCCc1ccnn1C1CCCCO1. The highest BCUT2D eigenvalue weighted by Crippen LogP contribution is 2.23. The maximum Gasteiger partial charge on any atom is 0.150 e. The predicted molar refractivity (Wildman–Crippen MR) is 73.5 cm³/mol. The fraction of sp³-hybridized carbons (Fsp3) is 0.800. The number of rotatable bonds is 7. The summed E-state index contributed by atoms with van der Waals surface area (Å²) < 4.78 is 7.92. The van der Waals surface area contributed by atoms with E-state index in [1.54, 1.807) is 0 Å². The van der Waals surface area contributed by atoms with Crippen LogP contribution in [0, 0.1) is 0 Å². The van der Waals surface area contributed by atoms with Crippen molar-refractivity contribution in [3.63, 3.8) is 0 Å². The zero-order chi connectivity index (χ0) is 12.6. The molecule has 3 heteroatoms. The lowest BCUT2D eigenvalue weighted by molar-refractivity contribution is -0.0411. The molecule has 1 fully saturated rings. The Morgan fingerprint density at radius 1 is 1.28 bits per heavy atom. The van der Waals surface area contributed by atoms with Crippen molar-refractivity contribution in [1.29, 1.82) is 0 Å². The molecule has 0 spiro atoms. The van der Waals surface area contributed by atoms with Gasteiger partial charge in [-0.3, -0.25) is 0 Å². The second kappa shape index (κ2) is 7.57. The molecule has 0 amide bonds. The normalized spacial score (nSPS) is 20.2. The number of nitrogens with zero attached hydrogens (tertiary/aromatic N) is 2. The Labute approximate surface area is 111 Å². The van der Waals surface area contributed by atoms with Crippen LogP contribution in [0.15, 0.2) is 12.3 Å². The Bertz CT molecular complexity index is 329. The Kier molecular flexibility index (Phi) is 5.72. The van der Waals surface area contributed by atoms with E-state index in [1.807, 2.05) is 6.20 Å². The molecule has 1 aromatic rings. The van der Waals surface area contributed by atoms with Crippen LogP contribution in [0.3, 0.4) is 0 Å². The highest BCUT2D eigenvalue weighted by molar-refractivity contribution is 5.01. The lowest BCUT2D eigenvalue weighted by Crippen LogP contribution is -2.20. The molecule has 1 saturated heterocycles. The van der Waals surface area contributed by atoms with E-state index < -0.39 is 0 Å². The van der Waals surface area contributed by atoms with Gasteiger partial charge in [0.15, 0.2) is 0 Å². The summed E-state index contributed by atoms with van der Waals surface area (Å²) in [5, 5.41) is 4.45. The van der Waals surface area contributed by atoms with Gasteiger partial charge in [-0.05, 0) is 38.2 Å². The third-order valence-electron chi connectivity index (χ3n) is 3.72. The zero-order valence-corrected chi connectivity index (χ0v) is 11.6. The van der Waals surface area contributed by atoms with Gasteiger partial charge in [0, 0.05) is 18.5 Å². The molecule has 1 aromatic heterocycles. The minimum absolute atomic E-state index is 0.194. The van der Waals surface area contributed by atoms with E-state index in [4.69, 9.17) is 4.74 Å². The molecule has 0 N–H and O–H groups in total. The van der Waals surface area contributed by atoms with E-state index in [2.05, 4.69) is 22.8 Å². The van der Waals surface area contributed by atoms with Crippen molar-refractivity contribution >= 4 is 0 Å². The molecule has 2 rings (SSSR count). The van der Waals surface area contributed by atoms with Gasteiger partial charge in [-0.25, -0.2) is 4.68 Å². The molecular weight excluding hydrogens is 224 g/mol. The first kappa shape index (κ1) is 13.6. The van der Waals surface area contributed by atoms with Crippen LogP contribution < -0.4 is 0 Å². The van der Waals surface area contributed by atoms with E-state index in [0.717, 1.165) is 19.4 Å². The molecular formula is C15H26N2O. The van der Waals surface area contributed by atoms with Gasteiger partial charge in [0.1, 0.15) is 6.23 Å². The van der Waals surface area contributed by atoms with E-state index in [9.17, 15) is 0 Å². The lowest BCUT2D eigenvalue weighted by atomic mass is 10.1. The predicted octanol–water partition coefficient (Wildman–Crippen LogP) is 4.10. The molecule has 0 radical (unpaired) electrons. The molecule has 1 aliphatic heterocycles. The molecule has 0 saturated carbocycles. The summed E-state index contributed by atoms with van der Waals surface area (Å²) in [5.41, 5.74) is 1.35. The highest BCUT2D eigenvalue weighted by Gasteiger charge is 2.18. The number of aromatic nitrogens is 2. The summed E-state index contributed by atoms with van der Waals surface area (Å²) in [4.78, 5) is 0. The zero-order valence-electron chi connectivity index (χ0n) is 11.6. The van der Waals surface area contributed by atoms with Crippen molar-refractivity contribution in [3.05, 3.63) is 18.0 Å². The van der Waals surface area contributed by atoms with Crippen LogP contribution in [0.25, 0.3) is 0 Å². The molecule has 2 heterocycles. The number of unbranched alkanes of at least 4 members (excludes halogenated alkanes) is 4. The summed E-state index contributed by atoms with van der Waals surface area (Å²) in [6.45, 7) is 3.15. The second-order valence-corrected chi connectivity index (χ2v) is 5.25. The molecule has 102 valence electrons. The summed E-state index contributed by atoms with van der Waals surface area (Å²) >= 11 is 0. The number of hydrogen-bond acceptors (Lipinski definition) is 2. The van der Waals surface area contributed by atoms with E-state index >= 15 is 0 Å². The molecule has 3 nitrogen and oxygen atoms in total. The first-order valence-electron chi connectivity index (χ1n) is 7.56. The molecule has 1 aliphatic rings. The van der Waals surface area contributed by atoms with E-state index in [0.29, 0.717) is 0 Å². The topological polar surface area (TPSA) is 27.1 Å². The largest absolute Gasteiger partial charge is 0.357 e. The van der Waals surface area contributed by atoms with Crippen molar-refractivity contribution in [2.24, 2.45) is 0 Å². The Hall–Kier alpha value is -0.830. The van der Waals surface area contributed by atoms with Gasteiger partial charge < -0.3 is 4.74 Å². The van der Waals surface area contributed by atoms with Gasteiger partial charge in [0.25, 0.3) is 0 Å². The fourth-order valence-electron chi connectivity index (χ4n) is 2.63. The average Bonchev–Trinajstić information content (AvgIpc) is 2.88. The highest BCUT2D eigenvalue weighted by atomic mass is 16.5. The maximum absolute atomic E-state index is 5.81. The van der Waals surface area contributed by atoms with Crippen LogP contribution in [0.2, 0.25) is 0 Å². The number of hydrogen-bond donors (Lipinski definition) is 0. The minimum Gasteiger partial charge on any atom is -0.357 e. The summed E-state index contributed by atoms with van der Waals surface area (Å²) in [6.07, 6.45) is 13.5. The van der Waals surface area contributed by atoms with Gasteiger partial charge in [-0.2, -0.15) is 5.10 Å². The van der Waals surface area contributed by atoms with Gasteiger partial charge in [-0.15, -0.1) is 0 Å². The third-order valence-corrected chi connectivity index (χ3v) is 3.72. The first-order valence-corrected chi connectivity index (χ1v) is 7.56.